The molecule has 0 saturated carbocycles. The van der Waals surface area contributed by atoms with E-state index in [9.17, 15) is 0 Å². The molecule has 46 heavy (non-hydrogen) atoms. The summed E-state index contributed by atoms with van der Waals surface area (Å²) >= 11 is 6.83. The van der Waals surface area contributed by atoms with Crippen LogP contribution in [0.4, 0.5) is 0 Å². The van der Waals surface area contributed by atoms with Crippen molar-refractivity contribution in [2.45, 2.75) is 97.8 Å². The van der Waals surface area contributed by atoms with Gasteiger partial charge in [0, 0.05) is 38.5 Å². The smallest absolute Gasteiger partial charge is 0.145 e. The molecule has 0 aliphatic carbocycles. The van der Waals surface area contributed by atoms with Gasteiger partial charge >= 0.3 is 0 Å². The summed E-state index contributed by atoms with van der Waals surface area (Å²) in [5.41, 5.74) is 11.2. The van der Waals surface area contributed by atoms with Gasteiger partial charge in [0.05, 0.1) is 5.52 Å². The molecule has 2 aromatic heterocycles. The molecule has 1 aliphatic heterocycles. The average molecular weight is 629 g/mol. The van der Waals surface area contributed by atoms with E-state index < -0.39 is 0 Å². The topological polar surface area (TPSA) is 26.5 Å². The van der Waals surface area contributed by atoms with Crippen LogP contribution in [-0.2, 0) is 10.8 Å². The van der Waals surface area contributed by atoms with E-state index in [-0.39, 0.29) is 10.8 Å². The molecule has 1 aliphatic rings. The third-order valence-corrected chi connectivity index (χ3v) is 11.2. The largest absolute Gasteiger partial charge is 0.457 e. The average Bonchev–Trinajstić information content (AvgIpc) is 3.46. The zero-order valence-corrected chi connectivity index (χ0v) is 29.6. The highest BCUT2D eigenvalue weighted by Gasteiger charge is 2.46. The van der Waals surface area contributed by atoms with Gasteiger partial charge < -0.3 is 4.74 Å². The molecule has 0 saturated heterocycles. The molecule has 6 aromatic rings. The second kappa shape index (κ2) is 10.6. The van der Waals surface area contributed by atoms with Crippen LogP contribution in [0, 0.1) is 0 Å². The van der Waals surface area contributed by atoms with Crippen molar-refractivity contribution in [1.29, 1.82) is 0 Å². The van der Waals surface area contributed by atoms with Crippen molar-refractivity contribution in [2.75, 3.05) is 0 Å². The molecule has 236 valence electrons. The van der Waals surface area contributed by atoms with Crippen LogP contribution < -0.4 is 4.74 Å². The summed E-state index contributed by atoms with van der Waals surface area (Å²) in [4.78, 5) is 5.04. The Kier molecular flexibility index (Phi) is 7.10. The summed E-state index contributed by atoms with van der Waals surface area (Å²) in [6.07, 6.45) is 2.08. The van der Waals surface area contributed by atoms with E-state index in [0.29, 0.717) is 22.8 Å². The van der Waals surface area contributed by atoms with E-state index in [2.05, 4.69) is 140 Å². The predicted molar refractivity (Wildman–Crippen MR) is 195 cm³/mol. The monoisotopic (exact) mass is 628 g/mol. The van der Waals surface area contributed by atoms with Gasteiger partial charge in [0.1, 0.15) is 17.1 Å². The minimum atomic E-state index is -0.0935. The van der Waals surface area contributed by atoms with E-state index in [0.717, 1.165) is 28.1 Å². The highest BCUT2D eigenvalue weighted by atomic mass is 35.5. The van der Waals surface area contributed by atoms with Crippen LogP contribution in [0.5, 0.6) is 11.5 Å². The van der Waals surface area contributed by atoms with E-state index in [1.807, 2.05) is 6.07 Å². The normalized spacial score (nSPS) is 15.3. The number of halogens is 1. The molecule has 7 rings (SSSR count). The Morgan fingerprint density at radius 2 is 1.39 bits per heavy atom. The third-order valence-electron chi connectivity index (χ3n) is 10.9. The number of ether oxygens (including phenoxy) is 1. The van der Waals surface area contributed by atoms with Crippen molar-refractivity contribution in [3.63, 3.8) is 0 Å². The molecule has 3 nitrogen and oxygen atoms in total. The Hall–Kier alpha value is -3.82. The number of hydrogen-bond acceptors (Lipinski definition) is 2. The zero-order chi connectivity index (χ0) is 32.9. The molecule has 0 atom stereocenters. The number of nitrogens with zero attached hydrogens (tertiary/aromatic N) is 2. The molecular formula is C42H45ClN2O. The van der Waals surface area contributed by atoms with E-state index in [1.165, 1.54) is 49.8 Å². The van der Waals surface area contributed by atoms with Gasteiger partial charge in [-0.25, -0.2) is 4.98 Å². The summed E-state index contributed by atoms with van der Waals surface area (Å²) in [6, 6.07) is 24.1. The maximum absolute atomic E-state index is 6.83. The molecule has 4 heteroatoms. The molecule has 0 radical (unpaired) electrons. The number of fused-ring (bicyclic) bond motifs is 3. The van der Waals surface area contributed by atoms with Crippen LogP contribution in [0.1, 0.15) is 115 Å². The minimum absolute atomic E-state index is 0.0452. The number of rotatable bonds is 6. The summed E-state index contributed by atoms with van der Waals surface area (Å²) in [5, 5.41) is 4.17. The molecular weight excluding hydrogens is 584 g/mol. The van der Waals surface area contributed by atoms with Crippen LogP contribution in [0.3, 0.4) is 0 Å². The SMILES string of the molecule is CC(C)c1cc(C(C)C)c(-c2cc(Cl)cc(Oc3ccc4c(c3)c3ncc5n3c3c(cccc43)C(C)(C)C5(C)C)c2)c(C(C)C)c1. The fourth-order valence-corrected chi connectivity index (χ4v) is 7.80. The standard InChI is InChI=1S/C42H45ClN2O/c1-23(2)26-18-33(24(3)4)38(34(19-26)25(5)6)27-16-28(43)20-30(17-27)46-29-14-15-31-32-12-11-13-36-39(32)45-37(42(9,10)41(36,7)8)22-44-40(45)35(31)21-29/h11-25H,1-10H3. The Morgan fingerprint density at radius 1 is 0.696 bits per heavy atom. The summed E-state index contributed by atoms with van der Waals surface area (Å²) < 4.78 is 9.04. The first-order chi connectivity index (χ1) is 21.7. The fraction of sp³-hybridized carbons (Fsp3) is 0.357. The van der Waals surface area contributed by atoms with Crippen molar-refractivity contribution in [2.24, 2.45) is 0 Å². The van der Waals surface area contributed by atoms with Gasteiger partial charge in [0.15, 0.2) is 0 Å². The lowest BCUT2D eigenvalue weighted by atomic mass is 9.61. The highest BCUT2D eigenvalue weighted by molar-refractivity contribution is 6.31. The van der Waals surface area contributed by atoms with Gasteiger partial charge in [-0.3, -0.25) is 4.40 Å². The number of hydrogen-bond donors (Lipinski definition) is 0. The van der Waals surface area contributed by atoms with Crippen LogP contribution in [0.25, 0.3) is 38.4 Å². The Labute approximate surface area is 278 Å². The number of aromatic nitrogens is 2. The zero-order valence-electron chi connectivity index (χ0n) is 28.8. The number of pyridine rings is 1. The second-order valence-corrected chi connectivity index (χ2v) is 15.7. The molecule has 0 spiro atoms. The van der Waals surface area contributed by atoms with Crippen LogP contribution >= 0.6 is 11.6 Å². The highest BCUT2D eigenvalue weighted by Crippen LogP contribution is 2.51. The second-order valence-electron chi connectivity index (χ2n) is 15.3. The quantitative estimate of drug-likeness (QED) is 0.172. The van der Waals surface area contributed by atoms with Crippen LogP contribution in [0.15, 0.2) is 72.9 Å². The van der Waals surface area contributed by atoms with E-state index in [4.69, 9.17) is 21.3 Å². The van der Waals surface area contributed by atoms with Crippen molar-refractivity contribution < 1.29 is 4.74 Å². The van der Waals surface area contributed by atoms with Gasteiger partial charge in [0.2, 0.25) is 0 Å². The Morgan fingerprint density at radius 3 is 2.04 bits per heavy atom. The Bertz CT molecular complexity index is 2150. The van der Waals surface area contributed by atoms with Gasteiger partial charge in [-0.1, -0.05) is 111 Å². The lowest BCUT2D eigenvalue weighted by molar-refractivity contribution is 0.288. The number of imidazole rings is 1. The minimum Gasteiger partial charge on any atom is -0.457 e. The summed E-state index contributed by atoms with van der Waals surface area (Å²) in [7, 11) is 0. The van der Waals surface area contributed by atoms with Crippen molar-refractivity contribution in [1.82, 2.24) is 9.38 Å². The number of para-hydroxylation sites is 1. The molecule has 3 heterocycles. The maximum Gasteiger partial charge on any atom is 0.145 e. The van der Waals surface area contributed by atoms with Crippen LogP contribution in [-0.4, -0.2) is 9.38 Å². The molecule has 0 unspecified atom stereocenters. The Balaban J connectivity index is 1.38. The first-order valence-electron chi connectivity index (χ1n) is 16.7. The van der Waals surface area contributed by atoms with Crippen molar-refractivity contribution >= 4 is 38.9 Å². The summed E-state index contributed by atoms with van der Waals surface area (Å²) in [6.45, 7) is 23.0. The summed E-state index contributed by atoms with van der Waals surface area (Å²) in [5.74, 6) is 2.70. The molecule has 4 aromatic carbocycles. The van der Waals surface area contributed by atoms with Gasteiger partial charge in [0.25, 0.3) is 0 Å². The fourth-order valence-electron chi connectivity index (χ4n) is 7.57. The van der Waals surface area contributed by atoms with Gasteiger partial charge in [-0.15, -0.1) is 0 Å². The first-order valence-corrected chi connectivity index (χ1v) is 17.1. The lowest BCUT2D eigenvalue weighted by Gasteiger charge is -2.45. The van der Waals surface area contributed by atoms with Crippen molar-refractivity contribution in [3.05, 3.63) is 106 Å². The molecule has 0 amide bonds. The molecule has 0 fully saturated rings. The molecule has 0 bridgehead atoms. The van der Waals surface area contributed by atoms with Gasteiger partial charge in [-0.05, 0) is 92.9 Å². The van der Waals surface area contributed by atoms with Gasteiger partial charge in [-0.2, -0.15) is 0 Å². The lowest BCUT2D eigenvalue weighted by Crippen LogP contribution is -2.44. The van der Waals surface area contributed by atoms with Crippen LogP contribution in [0.2, 0.25) is 5.02 Å². The third kappa shape index (κ3) is 4.49. The molecule has 0 N–H and O–H groups in total. The first kappa shape index (κ1) is 30.8. The van der Waals surface area contributed by atoms with E-state index in [1.54, 1.807) is 0 Å². The van der Waals surface area contributed by atoms with E-state index >= 15 is 0 Å². The van der Waals surface area contributed by atoms with Crippen molar-refractivity contribution in [3.8, 4) is 22.6 Å². The predicted octanol–water partition coefficient (Wildman–Crippen LogP) is 12.7. The maximum atomic E-state index is 6.83. The number of benzene rings is 4.